The molecule has 1 atom stereocenters. The molecule has 0 saturated heterocycles. The van der Waals surface area contributed by atoms with Crippen molar-refractivity contribution in [3.63, 3.8) is 0 Å². The summed E-state index contributed by atoms with van der Waals surface area (Å²) < 4.78 is 0. The molecule has 88 valence electrons. The maximum atomic E-state index is 11.6. The highest BCUT2D eigenvalue weighted by molar-refractivity contribution is 9.10. The van der Waals surface area contributed by atoms with Crippen molar-refractivity contribution in [1.82, 2.24) is 5.32 Å². The molecule has 0 aliphatic heterocycles. The summed E-state index contributed by atoms with van der Waals surface area (Å²) in [7, 11) is 0. The lowest BCUT2D eigenvalue weighted by Crippen LogP contribution is -2.44. The van der Waals surface area contributed by atoms with E-state index in [-0.39, 0.29) is 16.7 Å². The van der Waals surface area contributed by atoms with Crippen LogP contribution in [0.1, 0.15) is 39.5 Å². The second-order valence-corrected chi connectivity index (χ2v) is 5.78. The molecule has 0 aromatic rings. The Kier molecular flexibility index (Phi) is 4.59. The van der Waals surface area contributed by atoms with Gasteiger partial charge in [0, 0.05) is 6.54 Å². The van der Waals surface area contributed by atoms with Gasteiger partial charge in [-0.05, 0) is 18.8 Å². The molecule has 0 aromatic heterocycles. The van der Waals surface area contributed by atoms with Crippen molar-refractivity contribution in [2.45, 2.75) is 50.0 Å². The fraction of sp³-hybridized carbons (Fsp3) is 0.909. The van der Waals surface area contributed by atoms with Gasteiger partial charge in [-0.1, -0.05) is 42.6 Å². The van der Waals surface area contributed by atoms with E-state index in [1.165, 1.54) is 0 Å². The van der Waals surface area contributed by atoms with Gasteiger partial charge in [0.1, 0.15) is 0 Å². The highest BCUT2D eigenvalue weighted by atomic mass is 79.9. The Morgan fingerprint density at radius 1 is 1.47 bits per heavy atom. The van der Waals surface area contributed by atoms with E-state index in [0.29, 0.717) is 6.54 Å². The van der Waals surface area contributed by atoms with E-state index in [2.05, 4.69) is 21.2 Å². The molecule has 1 aliphatic rings. The lowest BCUT2D eigenvalue weighted by molar-refractivity contribution is -0.122. The molecule has 1 rings (SSSR count). The normalized spacial score (nSPS) is 21.7. The van der Waals surface area contributed by atoms with Crippen LogP contribution < -0.4 is 5.32 Å². The Balaban J connectivity index is 2.33. The molecule has 15 heavy (non-hydrogen) atoms. The van der Waals surface area contributed by atoms with Crippen molar-refractivity contribution < 1.29 is 9.90 Å². The van der Waals surface area contributed by atoms with Crippen molar-refractivity contribution in [2.24, 2.45) is 5.92 Å². The van der Waals surface area contributed by atoms with E-state index < -0.39 is 5.60 Å². The van der Waals surface area contributed by atoms with E-state index in [0.717, 1.165) is 25.7 Å². The standard InChI is InChI=1S/C11H20BrNO2/c1-8(2)9(12)10(14)13-7-11(15)5-3-4-6-11/h8-9,15H,3-7H2,1-2H3,(H,13,14). The van der Waals surface area contributed by atoms with Crippen molar-refractivity contribution in [3.8, 4) is 0 Å². The van der Waals surface area contributed by atoms with Crippen LogP contribution >= 0.6 is 15.9 Å². The van der Waals surface area contributed by atoms with Gasteiger partial charge in [-0.2, -0.15) is 0 Å². The second kappa shape index (κ2) is 5.30. The van der Waals surface area contributed by atoms with Crippen molar-refractivity contribution in [2.75, 3.05) is 6.54 Å². The van der Waals surface area contributed by atoms with E-state index in [1.807, 2.05) is 13.8 Å². The first-order valence-corrected chi connectivity index (χ1v) is 6.50. The third-order valence-electron chi connectivity index (χ3n) is 2.96. The average Bonchev–Trinajstić information content (AvgIpc) is 2.61. The minimum absolute atomic E-state index is 0.0228. The molecular weight excluding hydrogens is 258 g/mol. The number of amides is 1. The van der Waals surface area contributed by atoms with Crippen LogP contribution in [0.5, 0.6) is 0 Å². The van der Waals surface area contributed by atoms with E-state index >= 15 is 0 Å². The summed E-state index contributed by atoms with van der Waals surface area (Å²) in [6.07, 6.45) is 3.74. The van der Waals surface area contributed by atoms with Crippen LogP contribution in [0.4, 0.5) is 0 Å². The van der Waals surface area contributed by atoms with Crippen molar-refractivity contribution >= 4 is 21.8 Å². The summed E-state index contributed by atoms with van der Waals surface area (Å²) in [5.74, 6) is 0.244. The monoisotopic (exact) mass is 277 g/mol. The van der Waals surface area contributed by atoms with Gasteiger partial charge < -0.3 is 10.4 Å². The number of hydrogen-bond donors (Lipinski definition) is 2. The molecule has 1 unspecified atom stereocenters. The summed E-state index contributed by atoms with van der Waals surface area (Å²) in [6.45, 7) is 4.37. The second-order valence-electron chi connectivity index (χ2n) is 4.80. The molecule has 0 heterocycles. The minimum Gasteiger partial charge on any atom is -0.388 e. The van der Waals surface area contributed by atoms with Gasteiger partial charge in [-0.3, -0.25) is 4.79 Å². The molecule has 0 aromatic carbocycles. The zero-order valence-corrected chi connectivity index (χ0v) is 11.0. The summed E-state index contributed by atoms with van der Waals surface area (Å²) >= 11 is 3.34. The molecule has 0 spiro atoms. The lowest BCUT2D eigenvalue weighted by atomic mass is 10.0. The number of nitrogens with one attached hydrogen (secondary N) is 1. The Morgan fingerprint density at radius 3 is 2.47 bits per heavy atom. The number of carbonyl (C=O) groups excluding carboxylic acids is 1. The van der Waals surface area contributed by atoms with Gasteiger partial charge in [-0.15, -0.1) is 0 Å². The molecular formula is C11H20BrNO2. The number of rotatable bonds is 4. The van der Waals surface area contributed by atoms with Crippen LogP contribution in [0.15, 0.2) is 0 Å². The van der Waals surface area contributed by atoms with E-state index in [4.69, 9.17) is 0 Å². The quantitative estimate of drug-likeness (QED) is 0.771. The van der Waals surface area contributed by atoms with Crippen LogP contribution in [-0.2, 0) is 4.79 Å². The summed E-state index contributed by atoms with van der Waals surface area (Å²) in [5.41, 5.74) is -0.653. The molecule has 1 saturated carbocycles. The van der Waals surface area contributed by atoms with Crippen molar-refractivity contribution in [1.29, 1.82) is 0 Å². The maximum absolute atomic E-state index is 11.6. The highest BCUT2D eigenvalue weighted by Gasteiger charge is 2.32. The van der Waals surface area contributed by atoms with Gasteiger partial charge in [0.2, 0.25) is 5.91 Å². The first-order chi connectivity index (χ1) is 6.94. The molecule has 1 amide bonds. The van der Waals surface area contributed by atoms with Gasteiger partial charge >= 0.3 is 0 Å². The summed E-state index contributed by atoms with van der Waals surface area (Å²) in [5, 5.41) is 12.8. The SMILES string of the molecule is CC(C)C(Br)C(=O)NCC1(O)CCCC1. The lowest BCUT2D eigenvalue weighted by Gasteiger charge is -2.23. The number of carbonyl (C=O) groups is 1. The van der Waals surface area contributed by atoms with Crippen molar-refractivity contribution in [3.05, 3.63) is 0 Å². The third kappa shape index (κ3) is 3.76. The molecule has 0 radical (unpaired) electrons. The molecule has 4 heteroatoms. The van der Waals surface area contributed by atoms with E-state index in [9.17, 15) is 9.90 Å². The van der Waals surface area contributed by atoms with Gasteiger partial charge in [0.15, 0.2) is 0 Å². The smallest absolute Gasteiger partial charge is 0.234 e. The number of hydrogen-bond acceptors (Lipinski definition) is 2. The zero-order chi connectivity index (χ0) is 11.5. The molecule has 1 aliphatic carbocycles. The number of alkyl halides is 1. The van der Waals surface area contributed by atoms with Gasteiger partial charge in [0.05, 0.1) is 10.4 Å². The minimum atomic E-state index is -0.653. The molecule has 0 bridgehead atoms. The van der Waals surface area contributed by atoms with E-state index in [1.54, 1.807) is 0 Å². The summed E-state index contributed by atoms with van der Waals surface area (Å²) in [6, 6.07) is 0. The Labute approximate surface area is 99.8 Å². The van der Waals surface area contributed by atoms with Crippen LogP contribution in [0, 0.1) is 5.92 Å². The Morgan fingerprint density at radius 2 is 2.00 bits per heavy atom. The topological polar surface area (TPSA) is 49.3 Å². The molecule has 3 nitrogen and oxygen atoms in total. The highest BCUT2D eigenvalue weighted by Crippen LogP contribution is 2.28. The molecule has 2 N–H and O–H groups in total. The number of aliphatic hydroxyl groups is 1. The molecule has 1 fully saturated rings. The Bertz CT molecular complexity index is 225. The van der Waals surface area contributed by atoms with Crippen LogP contribution in [0.25, 0.3) is 0 Å². The van der Waals surface area contributed by atoms with Crippen LogP contribution in [0.2, 0.25) is 0 Å². The Hall–Kier alpha value is -0.0900. The predicted molar refractivity (Wildman–Crippen MR) is 64.0 cm³/mol. The fourth-order valence-corrected chi connectivity index (χ4v) is 2.02. The number of halogens is 1. The van der Waals surface area contributed by atoms with Crippen LogP contribution in [-0.4, -0.2) is 28.0 Å². The van der Waals surface area contributed by atoms with Crippen LogP contribution in [0.3, 0.4) is 0 Å². The van der Waals surface area contributed by atoms with Gasteiger partial charge in [0.25, 0.3) is 0 Å². The largest absolute Gasteiger partial charge is 0.388 e. The predicted octanol–water partition coefficient (Wildman–Crippen LogP) is 1.83. The van der Waals surface area contributed by atoms with Gasteiger partial charge in [-0.25, -0.2) is 0 Å². The maximum Gasteiger partial charge on any atom is 0.234 e. The average molecular weight is 278 g/mol. The third-order valence-corrected chi connectivity index (χ3v) is 4.43. The summed E-state index contributed by atoms with van der Waals surface area (Å²) in [4.78, 5) is 11.4. The first kappa shape index (κ1) is 13.0. The fourth-order valence-electron chi connectivity index (χ4n) is 1.86. The zero-order valence-electron chi connectivity index (χ0n) is 9.42. The first-order valence-electron chi connectivity index (χ1n) is 5.59.